The first-order chi connectivity index (χ1) is 14.5. The summed E-state index contributed by atoms with van der Waals surface area (Å²) in [6, 6.07) is 10.7. The zero-order chi connectivity index (χ0) is 21.7. The highest BCUT2D eigenvalue weighted by Crippen LogP contribution is 2.38. The monoisotopic (exact) mass is 411 g/mol. The number of hydrogen-bond donors (Lipinski definition) is 2. The van der Waals surface area contributed by atoms with Crippen molar-refractivity contribution in [3.63, 3.8) is 0 Å². The Morgan fingerprint density at radius 2 is 1.73 bits per heavy atom. The Labute approximate surface area is 175 Å². The van der Waals surface area contributed by atoms with Gasteiger partial charge in [-0.25, -0.2) is 4.99 Å². The molecule has 1 aliphatic rings. The summed E-state index contributed by atoms with van der Waals surface area (Å²) in [6.07, 6.45) is 1.15. The number of benzene rings is 2. The van der Waals surface area contributed by atoms with Crippen molar-refractivity contribution in [1.82, 2.24) is 10.6 Å². The maximum atomic E-state index is 12.8. The third kappa shape index (κ3) is 4.53. The van der Waals surface area contributed by atoms with Crippen molar-refractivity contribution in [1.29, 1.82) is 0 Å². The van der Waals surface area contributed by atoms with E-state index in [2.05, 4.69) is 22.5 Å². The molecule has 158 valence electrons. The van der Waals surface area contributed by atoms with Crippen LogP contribution >= 0.6 is 0 Å². The summed E-state index contributed by atoms with van der Waals surface area (Å²) in [6.45, 7) is 2.08. The van der Waals surface area contributed by atoms with Crippen LogP contribution in [0.5, 0.6) is 17.2 Å². The van der Waals surface area contributed by atoms with Gasteiger partial charge in [-0.2, -0.15) is 0 Å². The SMILES string of the molecule is CCc1ccc([C@H]2CC(=O)NC(NC(=O)c3cc(OC)c(OC)c(OC)c3)=N2)cc1. The van der Waals surface area contributed by atoms with Crippen molar-refractivity contribution in [3.05, 3.63) is 53.1 Å². The van der Waals surface area contributed by atoms with E-state index in [0.29, 0.717) is 17.2 Å². The van der Waals surface area contributed by atoms with Crippen LogP contribution in [0.2, 0.25) is 0 Å². The van der Waals surface area contributed by atoms with Crippen LogP contribution in [-0.2, 0) is 11.2 Å². The van der Waals surface area contributed by atoms with Crippen molar-refractivity contribution in [2.75, 3.05) is 21.3 Å². The highest BCUT2D eigenvalue weighted by atomic mass is 16.5. The van der Waals surface area contributed by atoms with Crippen molar-refractivity contribution in [3.8, 4) is 17.2 Å². The predicted molar refractivity (Wildman–Crippen MR) is 112 cm³/mol. The Hall–Kier alpha value is -3.55. The number of aryl methyl sites for hydroxylation is 1. The number of carbonyl (C=O) groups excluding carboxylic acids is 2. The summed E-state index contributed by atoms with van der Waals surface area (Å²) >= 11 is 0. The third-order valence-electron chi connectivity index (χ3n) is 4.85. The Kier molecular flexibility index (Phi) is 6.56. The molecule has 30 heavy (non-hydrogen) atoms. The largest absolute Gasteiger partial charge is 0.493 e. The number of ether oxygens (including phenoxy) is 3. The molecule has 1 aliphatic heterocycles. The standard InChI is InChI=1S/C22H25N3O5/c1-5-13-6-8-14(9-7-13)16-12-19(26)24-22(23-16)25-21(27)15-10-17(28-2)20(30-4)18(11-15)29-3/h6-11,16H,5,12H2,1-4H3,(H2,23,24,25,26,27)/t16-/m1/s1. The number of hydrogen-bond acceptors (Lipinski definition) is 6. The molecule has 8 heteroatoms. The fraction of sp³-hybridized carbons (Fsp3) is 0.318. The molecule has 0 saturated carbocycles. The van der Waals surface area contributed by atoms with E-state index in [0.717, 1.165) is 12.0 Å². The zero-order valence-electron chi connectivity index (χ0n) is 17.4. The van der Waals surface area contributed by atoms with Gasteiger partial charge in [0.25, 0.3) is 5.91 Å². The molecule has 0 aliphatic carbocycles. The number of nitrogens with one attached hydrogen (secondary N) is 2. The lowest BCUT2D eigenvalue weighted by atomic mass is 10.0. The molecule has 8 nitrogen and oxygen atoms in total. The second-order valence-electron chi connectivity index (χ2n) is 6.71. The van der Waals surface area contributed by atoms with Crippen LogP contribution in [0.15, 0.2) is 41.4 Å². The van der Waals surface area contributed by atoms with Gasteiger partial charge in [0.05, 0.1) is 33.8 Å². The first-order valence-corrected chi connectivity index (χ1v) is 9.56. The van der Waals surface area contributed by atoms with Gasteiger partial charge in [-0.1, -0.05) is 31.2 Å². The van der Waals surface area contributed by atoms with Crippen LogP contribution < -0.4 is 24.8 Å². The van der Waals surface area contributed by atoms with Crippen LogP contribution in [0, 0.1) is 0 Å². The quantitative estimate of drug-likeness (QED) is 0.762. The molecule has 0 saturated heterocycles. The lowest BCUT2D eigenvalue weighted by Crippen LogP contribution is -2.47. The second kappa shape index (κ2) is 9.30. The van der Waals surface area contributed by atoms with Crippen molar-refractivity contribution >= 4 is 17.8 Å². The third-order valence-corrected chi connectivity index (χ3v) is 4.85. The zero-order valence-corrected chi connectivity index (χ0v) is 17.4. The molecule has 0 fully saturated rings. The van der Waals surface area contributed by atoms with Gasteiger partial charge in [0.15, 0.2) is 11.5 Å². The van der Waals surface area contributed by atoms with E-state index in [-0.39, 0.29) is 29.9 Å². The number of methoxy groups -OCH3 is 3. The molecule has 2 N–H and O–H groups in total. The van der Waals surface area contributed by atoms with Crippen LogP contribution in [0.1, 0.15) is 40.9 Å². The maximum Gasteiger partial charge on any atom is 0.258 e. The van der Waals surface area contributed by atoms with E-state index in [1.807, 2.05) is 24.3 Å². The molecule has 1 atom stereocenters. The fourth-order valence-electron chi connectivity index (χ4n) is 3.22. The van der Waals surface area contributed by atoms with Gasteiger partial charge >= 0.3 is 0 Å². The Bertz CT molecular complexity index is 944. The Morgan fingerprint density at radius 3 is 2.27 bits per heavy atom. The molecule has 0 bridgehead atoms. The van der Waals surface area contributed by atoms with E-state index in [1.54, 1.807) is 0 Å². The molecule has 1 heterocycles. The number of rotatable bonds is 6. The van der Waals surface area contributed by atoms with E-state index in [4.69, 9.17) is 14.2 Å². The minimum Gasteiger partial charge on any atom is -0.493 e. The van der Waals surface area contributed by atoms with E-state index in [1.165, 1.54) is 39.0 Å². The van der Waals surface area contributed by atoms with Gasteiger partial charge in [0.1, 0.15) is 0 Å². The maximum absolute atomic E-state index is 12.8. The molecule has 0 spiro atoms. The van der Waals surface area contributed by atoms with E-state index < -0.39 is 5.91 Å². The van der Waals surface area contributed by atoms with Gasteiger partial charge in [-0.3, -0.25) is 20.2 Å². The van der Waals surface area contributed by atoms with Crippen molar-refractivity contribution < 1.29 is 23.8 Å². The smallest absolute Gasteiger partial charge is 0.258 e. The molecule has 2 aromatic carbocycles. The summed E-state index contributed by atoms with van der Waals surface area (Å²) in [4.78, 5) is 29.5. The number of aliphatic imine (C=N–C) groups is 1. The fourth-order valence-corrected chi connectivity index (χ4v) is 3.22. The van der Waals surface area contributed by atoms with Gasteiger partial charge in [-0.15, -0.1) is 0 Å². The Balaban J connectivity index is 1.84. The first kappa shape index (κ1) is 21.2. The number of nitrogens with zero attached hydrogens (tertiary/aromatic N) is 1. The molecule has 0 aromatic heterocycles. The Morgan fingerprint density at radius 1 is 1.10 bits per heavy atom. The molecule has 3 rings (SSSR count). The first-order valence-electron chi connectivity index (χ1n) is 9.56. The average Bonchev–Trinajstić information content (AvgIpc) is 2.77. The molecular formula is C22H25N3O5. The topological polar surface area (TPSA) is 98.3 Å². The molecule has 2 aromatic rings. The molecule has 0 unspecified atom stereocenters. The minimum absolute atomic E-state index is 0.106. The van der Waals surface area contributed by atoms with Crippen LogP contribution in [0.25, 0.3) is 0 Å². The van der Waals surface area contributed by atoms with Crippen LogP contribution in [-0.4, -0.2) is 39.1 Å². The van der Waals surface area contributed by atoms with Crippen LogP contribution in [0.4, 0.5) is 0 Å². The summed E-state index contributed by atoms with van der Waals surface area (Å²) in [7, 11) is 4.43. The van der Waals surface area contributed by atoms with Gasteiger partial charge in [0, 0.05) is 5.56 Å². The van der Waals surface area contributed by atoms with Crippen molar-refractivity contribution in [2.45, 2.75) is 25.8 Å². The molecule has 0 radical (unpaired) electrons. The van der Waals surface area contributed by atoms with Gasteiger partial charge < -0.3 is 14.2 Å². The average molecular weight is 411 g/mol. The number of carbonyl (C=O) groups is 2. The molecular weight excluding hydrogens is 386 g/mol. The van der Waals surface area contributed by atoms with Gasteiger partial charge in [0.2, 0.25) is 17.6 Å². The van der Waals surface area contributed by atoms with Crippen molar-refractivity contribution in [2.24, 2.45) is 4.99 Å². The highest BCUT2D eigenvalue weighted by Gasteiger charge is 2.24. The van der Waals surface area contributed by atoms with E-state index in [9.17, 15) is 9.59 Å². The predicted octanol–water partition coefficient (Wildman–Crippen LogP) is 2.62. The minimum atomic E-state index is -0.463. The second-order valence-corrected chi connectivity index (χ2v) is 6.71. The lowest BCUT2D eigenvalue weighted by molar-refractivity contribution is -0.120. The summed E-state index contributed by atoms with van der Waals surface area (Å²) in [5.41, 5.74) is 2.40. The lowest BCUT2D eigenvalue weighted by Gasteiger charge is -2.22. The van der Waals surface area contributed by atoms with Gasteiger partial charge in [-0.05, 0) is 29.7 Å². The number of amides is 2. The molecule has 2 amide bonds. The van der Waals surface area contributed by atoms with E-state index >= 15 is 0 Å². The highest BCUT2D eigenvalue weighted by molar-refractivity contribution is 6.11. The summed E-state index contributed by atoms with van der Waals surface area (Å²) in [5.74, 6) is 0.520. The summed E-state index contributed by atoms with van der Waals surface area (Å²) < 4.78 is 15.8. The summed E-state index contributed by atoms with van der Waals surface area (Å²) in [5, 5.41) is 5.27. The van der Waals surface area contributed by atoms with Crippen LogP contribution in [0.3, 0.4) is 0 Å². The number of guanidine groups is 1. The normalized spacial score (nSPS) is 15.7.